The quantitative estimate of drug-likeness (QED) is 0.840. The summed E-state index contributed by atoms with van der Waals surface area (Å²) in [5, 5.41) is 3.67. The molecule has 1 N–H and O–H groups in total. The van der Waals surface area contributed by atoms with Crippen molar-refractivity contribution in [1.29, 1.82) is 0 Å². The van der Waals surface area contributed by atoms with Gasteiger partial charge < -0.3 is 10.1 Å². The van der Waals surface area contributed by atoms with Crippen LogP contribution in [0.3, 0.4) is 0 Å². The lowest BCUT2D eigenvalue weighted by Gasteiger charge is -2.26. The molecule has 0 aromatic carbocycles. The lowest BCUT2D eigenvalue weighted by atomic mass is 9.89. The number of aromatic nitrogens is 1. The minimum Gasteiger partial charge on any atom is -0.385 e. The molecule has 100 valence electrons. The molecule has 0 saturated carbocycles. The second-order valence-electron chi connectivity index (χ2n) is 5.93. The van der Waals surface area contributed by atoms with Gasteiger partial charge in [-0.3, -0.25) is 4.98 Å². The maximum Gasteiger partial charge on any atom is 0.0605 e. The van der Waals surface area contributed by atoms with Crippen molar-refractivity contribution >= 4 is 0 Å². The van der Waals surface area contributed by atoms with Gasteiger partial charge in [0.1, 0.15) is 0 Å². The lowest BCUT2D eigenvalue weighted by Crippen LogP contribution is -2.32. The van der Waals surface area contributed by atoms with E-state index in [1.165, 1.54) is 17.7 Å². The Bertz CT molecular complexity index is 390. The Hall–Kier alpha value is -0.930. The summed E-state index contributed by atoms with van der Waals surface area (Å²) < 4.78 is 5.17. The predicted octanol–water partition coefficient (Wildman–Crippen LogP) is 2.72. The van der Waals surface area contributed by atoms with Crippen LogP contribution < -0.4 is 5.32 Å². The van der Waals surface area contributed by atoms with Crippen LogP contribution in [0.15, 0.2) is 18.3 Å². The first kappa shape index (κ1) is 13.5. The molecule has 0 radical (unpaired) electrons. The Labute approximate surface area is 110 Å². The fourth-order valence-corrected chi connectivity index (χ4v) is 2.48. The summed E-state index contributed by atoms with van der Waals surface area (Å²) in [5.41, 5.74) is 2.93. The third-order valence-electron chi connectivity index (χ3n) is 3.77. The molecule has 3 nitrogen and oxygen atoms in total. The van der Waals surface area contributed by atoms with Crippen LogP contribution in [0.25, 0.3) is 0 Å². The van der Waals surface area contributed by atoms with Crippen molar-refractivity contribution in [3.63, 3.8) is 0 Å². The molecule has 0 saturated heterocycles. The van der Waals surface area contributed by atoms with Gasteiger partial charge in [0.15, 0.2) is 0 Å². The molecule has 2 rings (SSSR count). The summed E-state index contributed by atoms with van der Waals surface area (Å²) in [7, 11) is 1.76. The van der Waals surface area contributed by atoms with E-state index < -0.39 is 0 Å². The van der Waals surface area contributed by atoms with Gasteiger partial charge in [-0.2, -0.15) is 0 Å². The van der Waals surface area contributed by atoms with E-state index in [0.717, 1.165) is 26.0 Å². The van der Waals surface area contributed by atoms with Gasteiger partial charge in [0, 0.05) is 26.5 Å². The van der Waals surface area contributed by atoms with E-state index >= 15 is 0 Å². The van der Waals surface area contributed by atoms with Crippen molar-refractivity contribution in [2.24, 2.45) is 5.41 Å². The van der Waals surface area contributed by atoms with Crippen molar-refractivity contribution in [3.05, 3.63) is 29.6 Å². The van der Waals surface area contributed by atoms with E-state index in [0.29, 0.717) is 6.04 Å². The van der Waals surface area contributed by atoms with E-state index in [9.17, 15) is 0 Å². The maximum atomic E-state index is 5.17. The molecule has 1 atom stereocenters. The average molecular weight is 248 g/mol. The van der Waals surface area contributed by atoms with Gasteiger partial charge in [0.05, 0.1) is 11.7 Å². The number of fused-ring (bicyclic) bond motifs is 1. The van der Waals surface area contributed by atoms with Gasteiger partial charge in [-0.15, -0.1) is 0 Å². The highest BCUT2D eigenvalue weighted by Gasteiger charge is 2.25. The van der Waals surface area contributed by atoms with Gasteiger partial charge in [0.25, 0.3) is 0 Å². The van der Waals surface area contributed by atoms with Gasteiger partial charge in [-0.05, 0) is 36.3 Å². The van der Waals surface area contributed by atoms with E-state index in [-0.39, 0.29) is 5.41 Å². The number of ether oxygens (including phenoxy) is 1. The highest BCUT2D eigenvalue weighted by Crippen LogP contribution is 2.30. The van der Waals surface area contributed by atoms with Crippen LogP contribution in [0.4, 0.5) is 0 Å². The highest BCUT2D eigenvalue weighted by molar-refractivity contribution is 5.27. The van der Waals surface area contributed by atoms with Gasteiger partial charge in [0.2, 0.25) is 0 Å². The second-order valence-corrected chi connectivity index (χ2v) is 5.93. The smallest absolute Gasteiger partial charge is 0.0605 e. The Morgan fingerprint density at radius 3 is 3.11 bits per heavy atom. The van der Waals surface area contributed by atoms with Gasteiger partial charge in [-0.25, -0.2) is 0 Å². The monoisotopic (exact) mass is 248 g/mol. The molecule has 0 bridgehead atoms. The van der Waals surface area contributed by atoms with Crippen LogP contribution >= 0.6 is 0 Å². The number of aryl methyl sites for hydroxylation is 1. The van der Waals surface area contributed by atoms with Gasteiger partial charge in [-0.1, -0.05) is 19.9 Å². The molecular weight excluding hydrogens is 224 g/mol. The molecule has 1 aromatic rings. The topological polar surface area (TPSA) is 34.1 Å². The fourth-order valence-electron chi connectivity index (χ4n) is 2.48. The molecule has 0 spiro atoms. The predicted molar refractivity (Wildman–Crippen MR) is 73.6 cm³/mol. The Morgan fingerprint density at radius 1 is 1.50 bits per heavy atom. The highest BCUT2D eigenvalue weighted by atomic mass is 16.5. The summed E-state index contributed by atoms with van der Waals surface area (Å²) in [6.07, 6.45) is 5.30. The maximum absolute atomic E-state index is 5.17. The van der Waals surface area contributed by atoms with Crippen LogP contribution in [0.1, 0.15) is 44.0 Å². The number of hydrogen-bond donors (Lipinski definition) is 1. The van der Waals surface area contributed by atoms with E-state index in [4.69, 9.17) is 4.74 Å². The van der Waals surface area contributed by atoms with Crippen molar-refractivity contribution in [2.75, 3.05) is 20.3 Å². The first-order valence-corrected chi connectivity index (χ1v) is 6.78. The number of methoxy groups -OCH3 is 1. The van der Waals surface area contributed by atoms with Crippen molar-refractivity contribution in [2.45, 2.75) is 39.2 Å². The van der Waals surface area contributed by atoms with Crippen LogP contribution in [0.5, 0.6) is 0 Å². The summed E-state index contributed by atoms with van der Waals surface area (Å²) in [6, 6.07) is 4.66. The molecule has 3 heteroatoms. The van der Waals surface area contributed by atoms with Crippen LogP contribution in [0, 0.1) is 5.41 Å². The van der Waals surface area contributed by atoms with Crippen molar-refractivity contribution in [3.8, 4) is 0 Å². The molecule has 1 unspecified atom stereocenters. The molecule has 0 amide bonds. The summed E-state index contributed by atoms with van der Waals surface area (Å²) in [4.78, 5) is 4.52. The van der Waals surface area contributed by atoms with E-state index in [2.05, 4.69) is 30.2 Å². The SMILES string of the molecule is COCCC(C)(C)CNC1CCc2cccnc21. The van der Waals surface area contributed by atoms with E-state index in [1.807, 2.05) is 12.3 Å². The largest absolute Gasteiger partial charge is 0.385 e. The molecule has 1 aliphatic rings. The minimum atomic E-state index is 0.271. The number of nitrogens with zero attached hydrogens (tertiary/aromatic N) is 1. The number of rotatable bonds is 6. The average Bonchev–Trinajstić information content (AvgIpc) is 2.78. The van der Waals surface area contributed by atoms with Crippen molar-refractivity contribution < 1.29 is 4.74 Å². The van der Waals surface area contributed by atoms with Gasteiger partial charge >= 0.3 is 0 Å². The Morgan fingerprint density at radius 2 is 2.33 bits per heavy atom. The molecule has 1 aromatic heterocycles. The summed E-state index contributed by atoms with van der Waals surface area (Å²) in [6.45, 7) is 6.41. The molecular formula is C15H24N2O. The van der Waals surface area contributed by atoms with Crippen molar-refractivity contribution in [1.82, 2.24) is 10.3 Å². The van der Waals surface area contributed by atoms with E-state index in [1.54, 1.807) is 7.11 Å². The summed E-state index contributed by atoms with van der Waals surface area (Å²) in [5.74, 6) is 0. The second kappa shape index (κ2) is 5.81. The first-order chi connectivity index (χ1) is 8.62. The first-order valence-electron chi connectivity index (χ1n) is 6.78. The normalized spacial score (nSPS) is 18.9. The molecule has 18 heavy (non-hydrogen) atoms. The summed E-state index contributed by atoms with van der Waals surface area (Å²) >= 11 is 0. The Balaban J connectivity index is 1.88. The third kappa shape index (κ3) is 3.30. The third-order valence-corrected chi connectivity index (χ3v) is 3.77. The van der Waals surface area contributed by atoms with Crippen LogP contribution in [-0.4, -0.2) is 25.2 Å². The number of pyridine rings is 1. The van der Waals surface area contributed by atoms with Crippen LogP contribution in [-0.2, 0) is 11.2 Å². The molecule has 1 heterocycles. The van der Waals surface area contributed by atoms with Crippen LogP contribution in [0.2, 0.25) is 0 Å². The Kier molecular flexibility index (Phi) is 4.36. The molecule has 0 fully saturated rings. The molecule has 0 aliphatic heterocycles. The zero-order valence-electron chi connectivity index (χ0n) is 11.7. The molecule has 1 aliphatic carbocycles. The zero-order chi connectivity index (χ0) is 13.0. The number of hydrogen-bond acceptors (Lipinski definition) is 3. The fraction of sp³-hybridized carbons (Fsp3) is 0.667. The minimum absolute atomic E-state index is 0.271. The standard InChI is InChI=1S/C15H24N2O/c1-15(2,8-10-18-3)11-17-13-7-6-12-5-4-9-16-14(12)13/h4-5,9,13,17H,6-8,10-11H2,1-3H3. The lowest BCUT2D eigenvalue weighted by molar-refractivity contribution is 0.149. The zero-order valence-corrected chi connectivity index (χ0v) is 11.7. The number of nitrogens with one attached hydrogen (secondary N) is 1.